The van der Waals surface area contributed by atoms with Crippen molar-refractivity contribution in [3.05, 3.63) is 64.6 Å². The number of nitrogens with zero attached hydrogens (tertiary/aromatic N) is 4. The van der Waals surface area contributed by atoms with E-state index in [1.807, 2.05) is 0 Å². The molecule has 3 aromatic heterocycles. The van der Waals surface area contributed by atoms with Gasteiger partial charge in [0.15, 0.2) is 0 Å². The summed E-state index contributed by atoms with van der Waals surface area (Å²) in [6, 6.07) is 4.77. The van der Waals surface area contributed by atoms with Gasteiger partial charge in [0.1, 0.15) is 11.2 Å². The summed E-state index contributed by atoms with van der Waals surface area (Å²) >= 11 is 0. The zero-order valence-corrected chi connectivity index (χ0v) is 10.3. The molecule has 0 atom stereocenters. The van der Waals surface area contributed by atoms with Crippen LogP contribution in [-0.2, 0) is 6.54 Å². The molecule has 100 valence electrons. The molecule has 0 aliphatic rings. The first kappa shape index (κ1) is 12.1. The number of hydrogen-bond donors (Lipinski definition) is 1. The highest BCUT2D eigenvalue weighted by Crippen LogP contribution is 2.04. The van der Waals surface area contributed by atoms with E-state index in [1.54, 1.807) is 30.7 Å². The van der Waals surface area contributed by atoms with Gasteiger partial charge in [-0.25, -0.2) is 14.3 Å². The molecule has 0 saturated heterocycles. The Hall–Kier alpha value is -2.96. The number of carboxylic acids is 1. The lowest BCUT2D eigenvalue weighted by molar-refractivity contribution is 0.0690. The Labute approximate surface area is 112 Å². The molecule has 0 fully saturated rings. The number of hydrogen-bond acceptors (Lipinski definition) is 4. The molecule has 3 aromatic rings. The van der Waals surface area contributed by atoms with Crippen molar-refractivity contribution < 1.29 is 9.90 Å². The number of aromatic carboxylic acids is 1. The number of carboxylic acid groups (broad SMARTS) is 1. The van der Waals surface area contributed by atoms with E-state index >= 15 is 0 Å². The van der Waals surface area contributed by atoms with E-state index in [1.165, 1.54) is 21.3 Å². The second-order valence-electron chi connectivity index (χ2n) is 4.25. The molecule has 3 rings (SSSR count). The molecule has 0 saturated carbocycles. The summed E-state index contributed by atoms with van der Waals surface area (Å²) < 4.78 is 2.99. The van der Waals surface area contributed by atoms with Crippen LogP contribution in [0, 0.1) is 0 Å². The van der Waals surface area contributed by atoms with Crippen LogP contribution in [0.25, 0.3) is 5.52 Å². The number of fused-ring (bicyclic) bond motifs is 1. The van der Waals surface area contributed by atoms with Gasteiger partial charge in [-0.2, -0.15) is 5.10 Å². The Bertz CT molecular complexity index is 850. The van der Waals surface area contributed by atoms with Crippen LogP contribution in [0.15, 0.2) is 47.8 Å². The van der Waals surface area contributed by atoms with Crippen LogP contribution < -0.4 is 5.56 Å². The molecule has 20 heavy (non-hydrogen) atoms. The zero-order chi connectivity index (χ0) is 14.1. The van der Waals surface area contributed by atoms with Crippen molar-refractivity contribution in [3.63, 3.8) is 0 Å². The van der Waals surface area contributed by atoms with Crippen molar-refractivity contribution >= 4 is 11.5 Å². The smallest absolute Gasteiger partial charge is 0.354 e. The van der Waals surface area contributed by atoms with E-state index in [0.717, 1.165) is 0 Å². The van der Waals surface area contributed by atoms with Gasteiger partial charge in [-0.15, -0.1) is 0 Å². The average molecular weight is 270 g/mol. The van der Waals surface area contributed by atoms with Gasteiger partial charge in [-0.1, -0.05) is 0 Å². The van der Waals surface area contributed by atoms with Gasteiger partial charge in [0, 0.05) is 18.6 Å². The van der Waals surface area contributed by atoms with Crippen LogP contribution in [0.1, 0.15) is 16.1 Å². The van der Waals surface area contributed by atoms with E-state index in [9.17, 15) is 9.59 Å². The third-order valence-electron chi connectivity index (χ3n) is 2.93. The Kier molecular flexibility index (Phi) is 2.79. The molecule has 0 bridgehead atoms. The highest BCUT2D eigenvalue weighted by molar-refractivity contribution is 5.85. The highest BCUT2D eigenvalue weighted by atomic mass is 16.4. The van der Waals surface area contributed by atoms with Crippen molar-refractivity contribution in [2.45, 2.75) is 6.54 Å². The summed E-state index contributed by atoms with van der Waals surface area (Å²) in [5.74, 6) is -1.09. The molecule has 7 heteroatoms. The highest BCUT2D eigenvalue weighted by Gasteiger charge is 2.07. The Balaban J connectivity index is 2.01. The second kappa shape index (κ2) is 4.61. The summed E-state index contributed by atoms with van der Waals surface area (Å²) in [6.07, 6.45) is 6.26. The van der Waals surface area contributed by atoms with Crippen LogP contribution >= 0.6 is 0 Å². The van der Waals surface area contributed by atoms with Crippen LogP contribution in [0.2, 0.25) is 0 Å². The first-order chi connectivity index (χ1) is 9.65. The number of carbonyl (C=O) groups is 1. The standard InChI is InChI=1S/C13H10N4O3/c18-12-11-2-4-15-17(11)6-5-16(12)8-9-1-3-14-10(7-9)13(19)20/h1-7H,8H2,(H,19,20). The van der Waals surface area contributed by atoms with Crippen molar-refractivity contribution in [3.8, 4) is 0 Å². The lowest BCUT2D eigenvalue weighted by Gasteiger charge is -2.06. The van der Waals surface area contributed by atoms with Gasteiger partial charge in [-0.3, -0.25) is 4.79 Å². The van der Waals surface area contributed by atoms with E-state index in [2.05, 4.69) is 10.1 Å². The molecule has 0 spiro atoms. The second-order valence-corrected chi connectivity index (χ2v) is 4.25. The van der Waals surface area contributed by atoms with E-state index in [-0.39, 0.29) is 17.8 Å². The molecule has 0 aromatic carbocycles. The molecule has 1 N–H and O–H groups in total. The summed E-state index contributed by atoms with van der Waals surface area (Å²) in [4.78, 5) is 26.8. The minimum absolute atomic E-state index is 0.0408. The maximum absolute atomic E-state index is 12.2. The zero-order valence-electron chi connectivity index (χ0n) is 10.3. The maximum atomic E-state index is 12.2. The van der Waals surface area contributed by atoms with Crippen molar-refractivity contribution in [1.82, 2.24) is 19.2 Å². The van der Waals surface area contributed by atoms with Gasteiger partial charge < -0.3 is 9.67 Å². The predicted molar refractivity (Wildman–Crippen MR) is 69.8 cm³/mol. The van der Waals surface area contributed by atoms with Gasteiger partial charge in [-0.05, 0) is 23.8 Å². The molecule has 0 aliphatic carbocycles. The van der Waals surface area contributed by atoms with E-state index in [0.29, 0.717) is 11.1 Å². The molecule has 7 nitrogen and oxygen atoms in total. The van der Waals surface area contributed by atoms with Crippen LogP contribution in [-0.4, -0.2) is 30.2 Å². The van der Waals surface area contributed by atoms with Gasteiger partial charge in [0.2, 0.25) is 0 Å². The van der Waals surface area contributed by atoms with Crippen molar-refractivity contribution in [2.24, 2.45) is 0 Å². The van der Waals surface area contributed by atoms with Crippen molar-refractivity contribution in [2.75, 3.05) is 0 Å². The number of pyridine rings is 1. The number of rotatable bonds is 3. The monoisotopic (exact) mass is 270 g/mol. The van der Waals surface area contributed by atoms with E-state index in [4.69, 9.17) is 5.11 Å². The first-order valence-electron chi connectivity index (χ1n) is 5.86. The Morgan fingerprint density at radius 2 is 2.10 bits per heavy atom. The first-order valence-corrected chi connectivity index (χ1v) is 5.86. The molecular formula is C13H10N4O3. The minimum Gasteiger partial charge on any atom is -0.477 e. The van der Waals surface area contributed by atoms with Crippen LogP contribution in [0.3, 0.4) is 0 Å². The molecular weight excluding hydrogens is 260 g/mol. The normalized spacial score (nSPS) is 10.8. The topological polar surface area (TPSA) is 89.5 Å². The Morgan fingerprint density at radius 3 is 2.90 bits per heavy atom. The Morgan fingerprint density at radius 1 is 1.25 bits per heavy atom. The molecule has 0 amide bonds. The average Bonchev–Trinajstić information content (AvgIpc) is 2.91. The third-order valence-corrected chi connectivity index (χ3v) is 2.93. The van der Waals surface area contributed by atoms with Gasteiger partial charge >= 0.3 is 5.97 Å². The quantitative estimate of drug-likeness (QED) is 0.754. The fourth-order valence-corrected chi connectivity index (χ4v) is 1.97. The molecule has 0 radical (unpaired) electrons. The minimum atomic E-state index is -1.09. The molecule has 0 aliphatic heterocycles. The third kappa shape index (κ3) is 2.05. The largest absolute Gasteiger partial charge is 0.477 e. The van der Waals surface area contributed by atoms with Crippen LogP contribution in [0.5, 0.6) is 0 Å². The number of aromatic nitrogens is 4. The predicted octanol–water partition coefficient (Wildman–Crippen LogP) is 0.637. The summed E-state index contributed by atoms with van der Waals surface area (Å²) in [6.45, 7) is 0.281. The van der Waals surface area contributed by atoms with Crippen LogP contribution in [0.4, 0.5) is 0 Å². The summed E-state index contributed by atoms with van der Waals surface area (Å²) in [5, 5.41) is 12.9. The van der Waals surface area contributed by atoms with Crippen molar-refractivity contribution in [1.29, 1.82) is 0 Å². The summed E-state index contributed by atoms with van der Waals surface area (Å²) in [7, 11) is 0. The lowest BCUT2D eigenvalue weighted by atomic mass is 10.2. The fraction of sp³-hybridized carbons (Fsp3) is 0.0769. The molecule has 0 unspecified atom stereocenters. The SMILES string of the molecule is O=C(O)c1cc(Cn2ccn3nccc3c2=O)ccn1. The van der Waals surface area contributed by atoms with Gasteiger partial charge in [0.05, 0.1) is 12.7 Å². The molecule has 3 heterocycles. The van der Waals surface area contributed by atoms with Gasteiger partial charge in [0.25, 0.3) is 5.56 Å². The summed E-state index contributed by atoms with van der Waals surface area (Å²) in [5.41, 5.74) is 0.947. The van der Waals surface area contributed by atoms with E-state index < -0.39 is 5.97 Å². The fourth-order valence-electron chi connectivity index (χ4n) is 1.97. The maximum Gasteiger partial charge on any atom is 0.354 e. The lowest BCUT2D eigenvalue weighted by Crippen LogP contribution is -2.22.